The monoisotopic (exact) mass is 484 g/mol. The molecule has 174 valence electrons. The number of fused-ring (bicyclic) bond motifs is 3. The van der Waals surface area contributed by atoms with Crippen LogP contribution in [0.15, 0.2) is 47.5 Å². The third-order valence-corrected chi connectivity index (χ3v) is 8.81. The van der Waals surface area contributed by atoms with E-state index in [1.54, 1.807) is 17.0 Å². The fourth-order valence-corrected chi connectivity index (χ4v) is 6.38. The molecule has 2 aromatic carbocycles. The van der Waals surface area contributed by atoms with Crippen LogP contribution in [0.25, 0.3) is 10.9 Å². The van der Waals surface area contributed by atoms with Crippen molar-refractivity contribution in [2.45, 2.75) is 52.6 Å². The number of aromatic nitrogens is 2. The third kappa shape index (κ3) is 4.16. The molecule has 7 heteroatoms. The van der Waals surface area contributed by atoms with Gasteiger partial charge in [0.1, 0.15) is 0 Å². The quantitative estimate of drug-likeness (QED) is 0.425. The number of halogens is 2. The Morgan fingerprint density at radius 2 is 1.97 bits per heavy atom. The summed E-state index contributed by atoms with van der Waals surface area (Å²) >= 11 is 12.2. The zero-order chi connectivity index (χ0) is 23.3. The molecule has 3 aromatic rings. The number of nitrogens with one attached hydrogen (secondary N) is 2. The molecule has 0 spiro atoms. The maximum absolute atomic E-state index is 13.0. The largest absolute Gasteiger partial charge is 0.321 e. The molecule has 2 unspecified atom stereocenters. The summed E-state index contributed by atoms with van der Waals surface area (Å²) < 4.78 is 1.64. The summed E-state index contributed by atoms with van der Waals surface area (Å²) in [6.07, 6.45) is 4.81. The molecule has 0 saturated heterocycles. The van der Waals surface area contributed by atoms with E-state index >= 15 is 0 Å². The molecule has 1 heterocycles. The molecule has 3 aliphatic carbocycles. The second kappa shape index (κ2) is 8.61. The van der Waals surface area contributed by atoms with Gasteiger partial charge in [0.25, 0.3) is 5.56 Å². The Bertz CT molecular complexity index is 1250. The minimum absolute atomic E-state index is 0.0483. The van der Waals surface area contributed by atoms with E-state index < -0.39 is 0 Å². The van der Waals surface area contributed by atoms with Crippen LogP contribution in [0.1, 0.15) is 39.2 Å². The number of hydrogen-bond donors (Lipinski definition) is 2. The average Bonchev–Trinajstić information content (AvgIpc) is 2.78. The molecule has 0 aliphatic heterocycles. The van der Waals surface area contributed by atoms with E-state index in [0.29, 0.717) is 51.3 Å². The first-order valence-electron chi connectivity index (χ1n) is 11.7. The van der Waals surface area contributed by atoms with Gasteiger partial charge in [0.2, 0.25) is 0 Å². The van der Waals surface area contributed by atoms with E-state index in [1.165, 1.54) is 12.8 Å². The fourth-order valence-electron chi connectivity index (χ4n) is 5.88. The Balaban J connectivity index is 1.26. The van der Waals surface area contributed by atoms with Gasteiger partial charge in [-0.3, -0.25) is 9.36 Å². The predicted octanol–water partition coefficient (Wildman–Crippen LogP) is 5.93. The normalized spacial score (nSPS) is 25.6. The van der Waals surface area contributed by atoms with Gasteiger partial charge in [-0.05, 0) is 78.3 Å². The molecule has 4 atom stereocenters. The summed E-state index contributed by atoms with van der Waals surface area (Å²) in [6, 6.07) is 11.6. The van der Waals surface area contributed by atoms with Crippen molar-refractivity contribution < 1.29 is 0 Å². The molecule has 2 N–H and O–H groups in total. The lowest BCUT2D eigenvalue weighted by Gasteiger charge is -2.62. The van der Waals surface area contributed by atoms with Crippen molar-refractivity contribution in [3.05, 3.63) is 68.7 Å². The minimum Gasteiger partial charge on any atom is -0.321 e. The highest BCUT2D eigenvalue weighted by Gasteiger charge is 2.56. The Kier molecular flexibility index (Phi) is 5.92. The highest BCUT2D eigenvalue weighted by Crippen LogP contribution is 2.61. The average molecular weight is 485 g/mol. The molecule has 5 nitrogen and oxygen atoms in total. The zero-order valence-electron chi connectivity index (χ0n) is 19.2. The molecule has 0 radical (unpaired) electrons. The number of hydrogen-bond acceptors (Lipinski definition) is 4. The summed E-state index contributed by atoms with van der Waals surface area (Å²) in [5.41, 5.74) is 9.91. The highest BCUT2D eigenvalue weighted by molar-refractivity contribution is 6.35. The van der Waals surface area contributed by atoms with Crippen LogP contribution < -0.4 is 16.4 Å². The molecule has 3 aliphatic rings. The number of rotatable bonds is 6. The van der Waals surface area contributed by atoms with E-state index in [4.69, 9.17) is 23.2 Å². The molecule has 33 heavy (non-hydrogen) atoms. The van der Waals surface area contributed by atoms with Crippen molar-refractivity contribution in [3.8, 4) is 0 Å². The topological polar surface area (TPSA) is 58.9 Å². The minimum atomic E-state index is -0.0483. The van der Waals surface area contributed by atoms with Crippen molar-refractivity contribution in [3.63, 3.8) is 0 Å². The maximum atomic E-state index is 13.0. The molecule has 3 saturated carbocycles. The first kappa shape index (κ1) is 22.7. The standard InChI is InChI=1S/C26H30Cl2N4O/c1-15-21-10-17(26(21,2)3)11-23(15)31-30-19-6-7-20-24(13-19)29-14-32(25(20)33)9-8-16-4-5-18(27)12-22(16)28/h4-7,12-15,17,21,23,30-31H,8-11H2,1-3H3/t15-,17?,21+,23?/m0/s1. The second-order valence-electron chi connectivity index (χ2n) is 10.3. The van der Waals surface area contributed by atoms with Crippen LogP contribution >= 0.6 is 23.2 Å². The Morgan fingerprint density at radius 1 is 1.15 bits per heavy atom. The lowest BCUT2D eigenvalue weighted by atomic mass is 9.45. The SMILES string of the molecule is C[C@@H]1C(NNc2ccc3c(=O)n(CCc4ccc(Cl)cc4Cl)cnc3c2)CC2C[C@H]1C2(C)C. The van der Waals surface area contributed by atoms with Crippen LogP contribution in [0.5, 0.6) is 0 Å². The van der Waals surface area contributed by atoms with Crippen LogP contribution in [-0.2, 0) is 13.0 Å². The van der Waals surface area contributed by atoms with Gasteiger partial charge in [-0.2, -0.15) is 0 Å². The third-order valence-electron chi connectivity index (χ3n) is 8.22. The van der Waals surface area contributed by atoms with Gasteiger partial charge in [0, 0.05) is 22.6 Å². The lowest BCUT2D eigenvalue weighted by molar-refractivity contribution is -0.113. The van der Waals surface area contributed by atoms with Gasteiger partial charge in [0.15, 0.2) is 0 Å². The molecule has 2 bridgehead atoms. The molecule has 0 amide bonds. The summed E-state index contributed by atoms with van der Waals surface area (Å²) in [5.74, 6) is 2.23. The van der Waals surface area contributed by atoms with Crippen molar-refractivity contribution in [2.75, 3.05) is 5.43 Å². The zero-order valence-corrected chi connectivity index (χ0v) is 20.7. The lowest BCUT2D eigenvalue weighted by Crippen LogP contribution is -2.60. The summed E-state index contributed by atoms with van der Waals surface area (Å²) in [7, 11) is 0. The predicted molar refractivity (Wildman–Crippen MR) is 136 cm³/mol. The van der Waals surface area contributed by atoms with E-state index in [9.17, 15) is 4.79 Å². The molecular formula is C26H30Cl2N4O. The molecular weight excluding hydrogens is 455 g/mol. The van der Waals surface area contributed by atoms with Gasteiger partial charge in [-0.15, -0.1) is 0 Å². The van der Waals surface area contributed by atoms with Crippen molar-refractivity contribution in [1.82, 2.24) is 15.0 Å². The van der Waals surface area contributed by atoms with Crippen molar-refractivity contribution in [2.24, 2.45) is 23.2 Å². The highest BCUT2D eigenvalue weighted by atomic mass is 35.5. The van der Waals surface area contributed by atoms with Crippen LogP contribution in [0.3, 0.4) is 0 Å². The van der Waals surface area contributed by atoms with Gasteiger partial charge >= 0.3 is 0 Å². The van der Waals surface area contributed by atoms with Crippen LogP contribution in [-0.4, -0.2) is 15.6 Å². The number of aryl methyl sites for hydroxylation is 2. The number of hydrazine groups is 1. The number of nitrogens with zero attached hydrogens (tertiary/aromatic N) is 2. The van der Waals surface area contributed by atoms with Crippen molar-refractivity contribution in [1.29, 1.82) is 0 Å². The van der Waals surface area contributed by atoms with Crippen LogP contribution in [0.2, 0.25) is 10.0 Å². The van der Waals surface area contributed by atoms with Gasteiger partial charge < -0.3 is 5.43 Å². The summed E-state index contributed by atoms with van der Waals surface area (Å²) in [5, 5.41) is 1.82. The van der Waals surface area contributed by atoms with Gasteiger partial charge in [-0.1, -0.05) is 50.0 Å². The van der Waals surface area contributed by atoms with E-state index in [0.717, 1.165) is 23.1 Å². The Labute approximate surface area is 204 Å². The van der Waals surface area contributed by atoms with Crippen LogP contribution in [0, 0.1) is 23.2 Å². The summed E-state index contributed by atoms with van der Waals surface area (Å²) in [4.78, 5) is 17.5. The second-order valence-corrected chi connectivity index (χ2v) is 11.1. The first-order chi connectivity index (χ1) is 15.7. The molecule has 1 aromatic heterocycles. The Morgan fingerprint density at radius 3 is 2.70 bits per heavy atom. The van der Waals surface area contributed by atoms with Crippen molar-refractivity contribution >= 4 is 39.8 Å². The Hall–Kier alpha value is -2.08. The van der Waals surface area contributed by atoms with Gasteiger partial charge in [0.05, 0.1) is 22.9 Å². The van der Waals surface area contributed by atoms with Crippen LogP contribution in [0.4, 0.5) is 5.69 Å². The fraction of sp³-hybridized carbons (Fsp3) is 0.462. The van der Waals surface area contributed by atoms with E-state index in [-0.39, 0.29) is 5.56 Å². The van der Waals surface area contributed by atoms with E-state index in [2.05, 4.69) is 36.6 Å². The maximum Gasteiger partial charge on any atom is 0.261 e. The molecule has 3 fully saturated rings. The first-order valence-corrected chi connectivity index (χ1v) is 12.4. The van der Waals surface area contributed by atoms with Gasteiger partial charge in [-0.25, -0.2) is 10.4 Å². The molecule has 6 rings (SSSR count). The number of benzene rings is 2. The number of anilines is 1. The van der Waals surface area contributed by atoms with E-state index in [1.807, 2.05) is 30.3 Å². The smallest absolute Gasteiger partial charge is 0.261 e. The summed E-state index contributed by atoms with van der Waals surface area (Å²) in [6.45, 7) is 7.70.